The Labute approximate surface area is 71.3 Å². The minimum atomic E-state index is -0.833. The van der Waals surface area contributed by atoms with Crippen LogP contribution in [0.4, 0.5) is 4.79 Å². The van der Waals surface area contributed by atoms with Crippen LogP contribution in [0.5, 0.6) is 0 Å². The van der Waals surface area contributed by atoms with Gasteiger partial charge in [0.15, 0.2) is 0 Å². The number of nitrogens with two attached hydrogens (primary N) is 2. The molecule has 11 heavy (non-hydrogen) atoms. The second-order valence-electron chi connectivity index (χ2n) is 1.31. The monoisotopic (exact) mass is 174 g/mol. The molecule has 0 saturated carbocycles. The average molecular weight is 174 g/mol. The number of hydrogen-bond donors (Lipinski definition) is 2. The fourth-order valence-corrected chi connectivity index (χ4v) is 0.253. The summed E-state index contributed by atoms with van der Waals surface area (Å²) in [5.41, 5.74) is 8.50. The van der Waals surface area contributed by atoms with Crippen molar-refractivity contribution in [3.05, 3.63) is 24.8 Å². The van der Waals surface area contributed by atoms with Gasteiger partial charge in [-0.1, -0.05) is 0 Å². The lowest BCUT2D eigenvalue weighted by molar-refractivity contribution is 0.256. The topological polar surface area (TPSA) is 94.9 Å². The van der Waals surface area contributed by atoms with Gasteiger partial charge in [-0.3, -0.25) is 0 Å². The van der Waals surface area contributed by atoms with Crippen molar-refractivity contribution in [2.75, 3.05) is 0 Å². The molecule has 0 aromatic carbocycles. The van der Waals surface area contributed by atoms with Crippen molar-refractivity contribution < 1.29 is 4.79 Å². The molecule has 0 atom stereocenters. The van der Waals surface area contributed by atoms with Gasteiger partial charge in [-0.25, -0.2) is 14.8 Å². The number of rotatable bonds is 0. The maximum absolute atomic E-state index is 9.00. The molecule has 0 radical (unpaired) electrons. The maximum Gasteiger partial charge on any atom is 0.309 e. The molecule has 4 N–H and O–H groups in total. The molecule has 1 rings (SSSR count). The fraction of sp³-hybridized carbons (Fsp3) is 0. The molecular formula is C5H10N4OS. The molecule has 0 fully saturated rings. The summed E-state index contributed by atoms with van der Waals surface area (Å²) >= 11 is 0. The Bertz CT molecular complexity index is 150. The molecular weight excluding hydrogens is 164 g/mol. The third kappa shape index (κ3) is 17.7. The zero-order chi connectivity index (χ0) is 7.82. The zero-order valence-corrected chi connectivity index (χ0v) is 6.77. The molecule has 0 saturated heterocycles. The highest BCUT2D eigenvalue weighted by Crippen LogP contribution is 1.66. The smallest absolute Gasteiger partial charge is 0.309 e. The van der Waals surface area contributed by atoms with Gasteiger partial charge in [0.2, 0.25) is 0 Å². The third-order valence-electron chi connectivity index (χ3n) is 0.478. The molecule has 0 aliphatic heterocycles. The lowest BCUT2D eigenvalue weighted by atomic mass is 10.7. The van der Waals surface area contributed by atoms with Crippen LogP contribution in [0.3, 0.4) is 0 Å². The average Bonchev–Trinajstić information content (AvgIpc) is 1.90. The van der Waals surface area contributed by atoms with E-state index in [0.29, 0.717) is 0 Å². The van der Waals surface area contributed by atoms with E-state index in [1.807, 2.05) is 0 Å². The van der Waals surface area contributed by atoms with Gasteiger partial charge in [-0.05, 0) is 6.07 Å². The molecule has 0 spiro atoms. The Balaban J connectivity index is 0. The largest absolute Gasteiger partial charge is 0.352 e. The Morgan fingerprint density at radius 3 is 1.64 bits per heavy atom. The van der Waals surface area contributed by atoms with Crippen molar-refractivity contribution in [2.24, 2.45) is 11.5 Å². The van der Waals surface area contributed by atoms with E-state index in [1.165, 1.54) is 6.33 Å². The molecule has 1 heterocycles. The minimum Gasteiger partial charge on any atom is -0.352 e. The molecule has 5 nitrogen and oxygen atoms in total. The zero-order valence-electron chi connectivity index (χ0n) is 5.77. The summed E-state index contributed by atoms with van der Waals surface area (Å²) in [6, 6.07) is 0.944. The lowest BCUT2D eigenvalue weighted by Crippen LogP contribution is -2.18. The highest BCUT2D eigenvalue weighted by molar-refractivity contribution is 7.59. The summed E-state index contributed by atoms with van der Waals surface area (Å²) in [6.45, 7) is 0. The molecule has 0 unspecified atom stereocenters. The van der Waals surface area contributed by atoms with E-state index in [9.17, 15) is 0 Å². The van der Waals surface area contributed by atoms with E-state index in [-0.39, 0.29) is 13.5 Å². The number of nitrogens with zero attached hydrogens (tertiary/aromatic N) is 2. The van der Waals surface area contributed by atoms with Crippen LogP contribution in [0.1, 0.15) is 0 Å². The summed E-state index contributed by atoms with van der Waals surface area (Å²) in [6.07, 6.45) is 4.88. The molecule has 62 valence electrons. The summed E-state index contributed by atoms with van der Waals surface area (Å²) in [5.74, 6) is 0. The van der Waals surface area contributed by atoms with Crippen molar-refractivity contribution in [3.63, 3.8) is 0 Å². The van der Waals surface area contributed by atoms with Crippen molar-refractivity contribution in [1.29, 1.82) is 0 Å². The number of amides is 2. The van der Waals surface area contributed by atoms with E-state index in [4.69, 9.17) is 4.79 Å². The van der Waals surface area contributed by atoms with E-state index in [1.54, 1.807) is 18.5 Å². The second kappa shape index (κ2) is 8.70. The second-order valence-corrected chi connectivity index (χ2v) is 1.31. The Kier molecular flexibility index (Phi) is 9.79. The molecule has 6 heteroatoms. The fourth-order valence-electron chi connectivity index (χ4n) is 0.253. The van der Waals surface area contributed by atoms with Crippen molar-refractivity contribution >= 4 is 19.5 Å². The first-order valence-corrected chi connectivity index (χ1v) is 2.48. The van der Waals surface area contributed by atoms with Gasteiger partial charge in [0, 0.05) is 12.4 Å². The van der Waals surface area contributed by atoms with Gasteiger partial charge in [-0.15, -0.1) is 0 Å². The Morgan fingerprint density at radius 1 is 1.18 bits per heavy atom. The van der Waals surface area contributed by atoms with E-state index in [0.717, 1.165) is 0 Å². The first-order chi connectivity index (χ1) is 4.73. The SMILES string of the molecule is NC(N)=O.S.c1cncnc1. The van der Waals surface area contributed by atoms with Crippen LogP contribution in [0, 0.1) is 0 Å². The van der Waals surface area contributed by atoms with Crippen molar-refractivity contribution in [1.82, 2.24) is 9.97 Å². The van der Waals surface area contributed by atoms with Crippen LogP contribution in [0.15, 0.2) is 24.8 Å². The number of hydrogen-bond acceptors (Lipinski definition) is 3. The predicted molar refractivity (Wildman–Crippen MR) is 46.2 cm³/mol. The number of carbonyl (C=O) groups is 1. The molecule has 2 amide bonds. The predicted octanol–water partition coefficient (Wildman–Crippen LogP) is -0.387. The van der Waals surface area contributed by atoms with Gasteiger partial charge in [0.25, 0.3) is 0 Å². The van der Waals surface area contributed by atoms with Crippen LogP contribution < -0.4 is 11.5 Å². The molecule has 1 aromatic rings. The van der Waals surface area contributed by atoms with Crippen LogP contribution in [-0.2, 0) is 0 Å². The quantitative estimate of drug-likeness (QED) is 0.561. The van der Waals surface area contributed by atoms with Gasteiger partial charge in [-0.2, -0.15) is 13.5 Å². The lowest BCUT2D eigenvalue weighted by Gasteiger charge is -1.70. The summed E-state index contributed by atoms with van der Waals surface area (Å²) < 4.78 is 0. The third-order valence-corrected chi connectivity index (χ3v) is 0.478. The van der Waals surface area contributed by atoms with E-state index >= 15 is 0 Å². The Morgan fingerprint density at radius 2 is 1.55 bits per heavy atom. The summed E-state index contributed by atoms with van der Waals surface area (Å²) in [5, 5.41) is 0. The van der Waals surface area contributed by atoms with Crippen molar-refractivity contribution in [2.45, 2.75) is 0 Å². The Hall–Kier alpha value is -1.30. The van der Waals surface area contributed by atoms with Gasteiger partial charge >= 0.3 is 6.03 Å². The highest BCUT2D eigenvalue weighted by atomic mass is 32.1. The standard InChI is InChI=1S/C4H4N2.CH4N2O.H2S/c1-2-5-4-6-3-1;2-1(3)4;/h1-4H;(H4,2,3,4);1H2. The van der Waals surface area contributed by atoms with E-state index in [2.05, 4.69) is 21.4 Å². The molecule has 0 bridgehead atoms. The minimum absolute atomic E-state index is 0. The van der Waals surface area contributed by atoms with Crippen LogP contribution in [-0.4, -0.2) is 16.0 Å². The first-order valence-electron chi connectivity index (χ1n) is 2.48. The van der Waals surface area contributed by atoms with Crippen LogP contribution >= 0.6 is 13.5 Å². The first kappa shape index (κ1) is 12.4. The van der Waals surface area contributed by atoms with Crippen LogP contribution in [0.2, 0.25) is 0 Å². The summed E-state index contributed by atoms with van der Waals surface area (Å²) in [4.78, 5) is 16.3. The van der Waals surface area contributed by atoms with E-state index < -0.39 is 6.03 Å². The maximum atomic E-state index is 9.00. The number of carbonyl (C=O) groups excluding carboxylic acids is 1. The normalized spacial score (nSPS) is 6.55. The van der Waals surface area contributed by atoms with Crippen LogP contribution in [0.25, 0.3) is 0 Å². The highest BCUT2D eigenvalue weighted by Gasteiger charge is 1.60. The number of aromatic nitrogens is 2. The molecule has 0 aliphatic rings. The number of primary amides is 2. The van der Waals surface area contributed by atoms with Crippen molar-refractivity contribution in [3.8, 4) is 0 Å². The summed E-state index contributed by atoms with van der Waals surface area (Å²) in [7, 11) is 0. The molecule has 1 aromatic heterocycles. The van der Waals surface area contributed by atoms with Gasteiger partial charge in [0.1, 0.15) is 6.33 Å². The van der Waals surface area contributed by atoms with Gasteiger partial charge in [0.05, 0.1) is 0 Å². The molecule has 0 aliphatic carbocycles. The van der Waals surface area contributed by atoms with Gasteiger partial charge < -0.3 is 11.5 Å². The number of urea groups is 1.